The van der Waals surface area contributed by atoms with Crippen molar-refractivity contribution in [1.29, 1.82) is 0 Å². The number of halogens is 1. The molecule has 3 rings (SSSR count). The molecule has 1 amide bonds. The van der Waals surface area contributed by atoms with Crippen molar-refractivity contribution in [3.63, 3.8) is 0 Å². The minimum Gasteiger partial charge on any atom is -0.379 e. The number of nitrogens with zero attached hydrogens (tertiary/aromatic N) is 1. The molecule has 2 aliphatic rings. The van der Waals surface area contributed by atoms with Crippen LogP contribution in [-0.2, 0) is 9.53 Å². The summed E-state index contributed by atoms with van der Waals surface area (Å²) in [4.78, 5) is 14.8. The maximum Gasteiger partial charge on any atom is 0.223 e. The monoisotopic (exact) mass is 348 g/mol. The molecule has 24 heavy (non-hydrogen) atoms. The number of hydrogen-bond donors (Lipinski definition) is 1. The molecule has 1 heterocycles. The molecule has 0 saturated carbocycles. The SMILES string of the molecule is O=C(NC[C@H](c1ccccc1Cl)N1CCOCC1)[C@@H]1CC=CCC1. The van der Waals surface area contributed by atoms with Crippen LogP contribution in [0.1, 0.15) is 30.9 Å². The van der Waals surface area contributed by atoms with Crippen LogP contribution in [0.25, 0.3) is 0 Å². The van der Waals surface area contributed by atoms with Gasteiger partial charge in [0.05, 0.1) is 19.3 Å². The average Bonchev–Trinajstić information content (AvgIpc) is 2.65. The number of nitrogens with one attached hydrogen (secondary N) is 1. The second kappa shape index (κ2) is 8.65. The number of ether oxygens (including phenoxy) is 1. The Morgan fingerprint density at radius 3 is 2.79 bits per heavy atom. The van der Waals surface area contributed by atoms with Crippen molar-refractivity contribution in [2.24, 2.45) is 5.92 Å². The lowest BCUT2D eigenvalue weighted by Crippen LogP contribution is -2.44. The Kier molecular flexibility index (Phi) is 6.30. The summed E-state index contributed by atoms with van der Waals surface area (Å²) < 4.78 is 5.47. The van der Waals surface area contributed by atoms with Crippen molar-refractivity contribution in [3.8, 4) is 0 Å². The third-order valence-electron chi connectivity index (χ3n) is 4.86. The van der Waals surface area contributed by atoms with Gasteiger partial charge in [0.2, 0.25) is 5.91 Å². The van der Waals surface area contributed by atoms with Gasteiger partial charge in [-0.2, -0.15) is 0 Å². The second-order valence-electron chi connectivity index (χ2n) is 6.41. The molecule has 0 spiro atoms. The summed E-state index contributed by atoms with van der Waals surface area (Å²) in [6.07, 6.45) is 7.05. The topological polar surface area (TPSA) is 41.6 Å². The molecule has 0 aromatic heterocycles. The van der Waals surface area contributed by atoms with E-state index in [1.807, 2.05) is 18.2 Å². The van der Waals surface area contributed by atoms with Crippen LogP contribution in [0.3, 0.4) is 0 Å². The van der Waals surface area contributed by atoms with Crippen molar-refractivity contribution < 1.29 is 9.53 Å². The fourth-order valence-corrected chi connectivity index (χ4v) is 3.71. The van der Waals surface area contributed by atoms with E-state index in [-0.39, 0.29) is 17.9 Å². The number of hydrogen-bond acceptors (Lipinski definition) is 3. The lowest BCUT2D eigenvalue weighted by atomic mass is 9.93. The molecule has 1 aromatic rings. The Balaban J connectivity index is 1.69. The first-order valence-corrected chi connectivity index (χ1v) is 9.12. The number of amides is 1. The van der Waals surface area contributed by atoms with Gasteiger partial charge < -0.3 is 10.1 Å². The average molecular weight is 349 g/mol. The van der Waals surface area contributed by atoms with Crippen LogP contribution in [0, 0.1) is 5.92 Å². The predicted octanol–water partition coefficient (Wildman–Crippen LogP) is 3.19. The van der Waals surface area contributed by atoms with Crippen LogP contribution in [0.2, 0.25) is 5.02 Å². The van der Waals surface area contributed by atoms with E-state index in [9.17, 15) is 4.79 Å². The number of rotatable bonds is 5. The molecule has 2 atom stereocenters. The summed E-state index contributed by atoms with van der Waals surface area (Å²) >= 11 is 6.42. The van der Waals surface area contributed by atoms with E-state index in [4.69, 9.17) is 16.3 Å². The van der Waals surface area contributed by atoms with Gasteiger partial charge in [-0.1, -0.05) is 42.0 Å². The van der Waals surface area contributed by atoms with Gasteiger partial charge in [0.1, 0.15) is 0 Å². The quantitative estimate of drug-likeness (QED) is 0.831. The first-order chi connectivity index (χ1) is 11.8. The molecule has 1 fully saturated rings. The molecule has 1 aromatic carbocycles. The molecule has 0 bridgehead atoms. The maximum atomic E-state index is 12.5. The molecule has 4 nitrogen and oxygen atoms in total. The summed E-state index contributed by atoms with van der Waals surface area (Å²) in [7, 11) is 0. The van der Waals surface area contributed by atoms with Crippen LogP contribution < -0.4 is 5.32 Å². The second-order valence-corrected chi connectivity index (χ2v) is 6.82. The first kappa shape index (κ1) is 17.5. The molecular weight excluding hydrogens is 324 g/mol. The standard InChI is InChI=1S/C19H25ClN2O2/c20-17-9-5-4-8-16(17)18(22-10-12-24-13-11-22)14-21-19(23)15-6-2-1-3-7-15/h1-2,4-5,8-9,15,18H,3,6-7,10-14H2,(H,21,23)/t15-,18-/m1/s1. The highest BCUT2D eigenvalue weighted by Crippen LogP contribution is 2.28. The Hall–Kier alpha value is -1.36. The van der Waals surface area contributed by atoms with Crippen molar-refractivity contribution in [2.45, 2.75) is 25.3 Å². The Bertz CT molecular complexity index is 584. The van der Waals surface area contributed by atoms with E-state index >= 15 is 0 Å². The smallest absolute Gasteiger partial charge is 0.223 e. The molecule has 1 aliphatic carbocycles. The predicted molar refractivity (Wildman–Crippen MR) is 96.1 cm³/mol. The number of carbonyl (C=O) groups is 1. The third-order valence-corrected chi connectivity index (χ3v) is 5.20. The van der Waals surface area contributed by atoms with E-state index in [1.54, 1.807) is 0 Å². The molecule has 1 saturated heterocycles. The number of benzene rings is 1. The van der Waals surface area contributed by atoms with Gasteiger partial charge in [0.25, 0.3) is 0 Å². The van der Waals surface area contributed by atoms with Crippen molar-refractivity contribution in [2.75, 3.05) is 32.8 Å². The van der Waals surface area contributed by atoms with Gasteiger partial charge >= 0.3 is 0 Å². The normalized spacial score (nSPS) is 23.0. The molecule has 5 heteroatoms. The largest absolute Gasteiger partial charge is 0.379 e. The summed E-state index contributed by atoms with van der Waals surface area (Å²) in [5, 5.41) is 3.92. The zero-order chi connectivity index (χ0) is 16.8. The van der Waals surface area contributed by atoms with Gasteiger partial charge in [-0.15, -0.1) is 0 Å². The third kappa shape index (κ3) is 4.38. The van der Waals surface area contributed by atoms with Gasteiger partial charge in [-0.25, -0.2) is 0 Å². The van der Waals surface area contributed by atoms with Crippen molar-refractivity contribution >= 4 is 17.5 Å². The highest BCUT2D eigenvalue weighted by Gasteiger charge is 2.26. The molecule has 0 radical (unpaired) electrons. The Morgan fingerprint density at radius 1 is 1.29 bits per heavy atom. The van der Waals surface area contributed by atoms with Crippen LogP contribution in [0.4, 0.5) is 0 Å². The molecule has 0 unspecified atom stereocenters. The fraction of sp³-hybridized carbons (Fsp3) is 0.526. The lowest BCUT2D eigenvalue weighted by Gasteiger charge is -2.35. The van der Waals surface area contributed by atoms with Gasteiger partial charge in [-0.05, 0) is 30.9 Å². The van der Waals surface area contributed by atoms with Gasteiger partial charge in [0.15, 0.2) is 0 Å². The number of allylic oxidation sites excluding steroid dienone is 2. The summed E-state index contributed by atoms with van der Waals surface area (Å²) in [5.41, 5.74) is 1.07. The Labute approximate surface area is 148 Å². The summed E-state index contributed by atoms with van der Waals surface area (Å²) in [6.45, 7) is 3.75. The summed E-state index contributed by atoms with van der Waals surface area (Å²) in [6, 6.07) is 8.00. The van der Waals surface area contributed by atoms with Crippen LogP contribution in [0.15, 0.2) is 36.4 Å². The van der Waals surface area contributed by atoms with Gasteiger partial charge in [0, 0.05) is 30.6 Å². The fourth-order valence-electron chi connectivity index (χ4n) is 3.44. The number of carbonyl (C=O) groups excluding carboxylic acids is 1. The van der Waals surface area contributed by atoms with Crippen molar-refractivity contribution in [1.82, 2.24) is 10.2 Å². The van der Waals surface area contributed by atoms with E-state index in [1.165, 1.54) is 0 Å². The molecule has 1 N–H and O–H groups in total. The number of morpholine rings is 1. The van der Waals surface area contributed by atoms with E-state index in [0.29, 0.717) is 6.54 Å². The highest BCUT2D eigenvalue weighted by molar-refractivity contribution is 6.31. The van der Waals surface area contributed by atoms with Crippen LogP contribution in [0.5, 0.6) is 0 Å². The minimum absolute atomic E-state index is 0.0886. The highest BCUT2D eigenvalue weighted by atomic mass is 35.5. The van der Waals surface area contributed by atoms with Gasteiger partial charge in [-0.3, -0.25) is 9.69 Å². The van der Waals surface area contributed by atoms with E-state index in [2.05, 4.69) is 28.4 Å². The minimum atomic E-state index is 0.0886. The summed E-state index contributed by atoms with van der Waals surface area (Å²) in [5.74, 6) is 0.260. The van der Waals surface area contributed by atoms with E-state index < -0.39 is 0 Å². The van der Waals surface area contributed by atoms with Crippen LogP contribution >= 0.6 is 11.6 Å². The first-order valence-electron chi connectivity index (χ1n) is 8.74. The Morgan fingerprint density at radius 2 is 2.08 bits per heavy atom. The molecule has 1 aliphatic heterocycles. The van der Waals surface area contributed by atoms with E-state index in [0.717, 1.165) is 56.2 Å². The maximum absolute atomic E-state index is 12.5. The molecular formula is C19H25ClN2O2. The van der Waals surface area contributed by atoms with Crippen LogP contribution in [-0.4, -0.2) is 43.7 Å². The van der Waals surface area contributed by atoms with Crippen molar-refractivity contribution in [3.05, 3.63) is 47.0 Å². The molecule has 130 valence electrons. The zero-order valence-corrected chi connectivity index (χ0v) is 14.7. The lowest BCUT2D eigenvalue weighted by molar-refractivity contribution is -0.125. The zero-order valence-electron chi connectivity index (χ0n) is 13.9.